The van der Waals surface area contributed by atoms with Crippen LogP contribution in [0.15, 0.2) is 28.8 Å². The van der Waals surface area contributed by atoms with Gasteiger partial charge in [0, 0.05) is 5.69 Å². The molecule has 1 heterocycles. The molecule has 84 valence electrons. The number of nitrogens with zero attached hydrogens (tertiary/aromatic N) is 2. The van der Waals surface area contributed by atoms with Crippen LogP contribution < -0.4 is 5.73 Å². The molecule has 0 saturated carbocycles. The first kappa shape index (κ1) is 11.0. The van der Waals surface area contributed by atoms with E-state index in [-0.39, 0.29) is 0 Å². The number of aromatic nitrogens is 2. The van der Waals surface area contributed by atoms with E-state index in [2.05, 4.69) is 10.1 Å². The van der Waals surface area contributed by atoms with E-state index in [0.29, 0.717) is 12.3 Å². The number of para-hydroxylation sites is 1. The second-order valence-electron chi connectivity index (χ2n) is 3.41. The predicted molar refractivity (Wildman–Crippen MR) is 65.2 cm³/mol. The van der Waals surface area contributed by atoms with Gasteiger partial charge in [-0.1, -0.05) is 23.4 Å². The van der Waals surface area contributed by atoms with E-state index < -0.39 is 0 Å². The number of thioether (sulfide) groups is 1. The second-order valence-corrected chi connectivity index (χ2v) is 4.28. The van der Waals surface area contributed by atoms with E-state index in [1.54, 1.807) is 11.8 Å². The average molecular weight is 235 g/mol. The first-order valence-electron chi connectivity index (χ1n) is 4.93. The number of benzene rings is 1. The van der Waals surface area contributed by atoms with Crippen LogP contribution in [0.5, 0.6) is 0 Å². The van der Waals surface area contributed by atoms with Crippen molar-refractivity contribution in [1.29, 1.82) is 0 Å². The fourth-order valence-corrected chi connectivity index (χ4v) is 1.78. The highest BCUT2D eigenvalue weighted by Gasteiger charge is 2.08. The zero-order valence-corrected chi connectivity index (χ0v) is 9.83. The molecular formula is C11H13N3OS. The molecular weight excluding hydrogens is 222 g/mol. The number of nitrogens with two attached hydrogens (primary N) is 1. The third kappa shape index (κ3) is 2.55. The Hall–Kier alpha value is -1.49. The molecule has 5 heteroatoms. The van der Waals surface area contributed by atoms with Gasteiger partial charge in [0.15, 0.2) is 5.82 Å². The van der Waals surface area contributed by atoms with Crippen LogP contribution in [0.1, 0.15) is 17.3 Å². The molecule has 1 aromatic carbocycles. The number of hydrogen-bond acceptors (Lipinski definition) is 5. The van der Waals surface area contributed by atoms with Gasteiger partial charge in [0.05, 0.1) is 12.2 Å². The highest BCUT2D eigenvalue weighted by Crippen LogP contribution is 2.15. The van der Waals surface area contributed by atoms with Crippen LogP contribution >= 0.6 is 11.8 Å². The first-order valence-corrected chi connectivity index (χ1v) is 6.32. The minimum atomic E-state index is 0.591. The maximum Gasteiger partial charge on any atom is 0.231 e. The topological polar surface area (TPSA) is 64.9 Å². The van der Waals surface area contributed by atoms with E-state index in [1.165, 1.54) is 0 Å². The molecule has 2 rings (SSSR count). The highest BCUT2D eigenvalue weighted by molar-refractivity contribution is 7.97. The zero-order chi connectivity index (χ0) is 11.4. The summed E-state index contributed by atoms with van der Waals surface area (Å²) < 4.78 is 5.15. The molecule has 1 aromatic heterocycles. The molecule has 4 nitrogen and oxygen atoms in total. The second kappa shape index (κ2) is 5.03. The van der Waals surface area contributed by atoms with Gasteiger partial charge in [0.25, 0.3) is 0 Å². The summed E-state index contributed by atoms with van der Waals surface area (Å²) in [5.74, 6) is 2.12. The third-order valence-corrected chi connectivity index (χ3v) is 2.73. The molecule has 0 aliphatic rings. The van der Waals surface area contributed by atoms with Crippen LogP contribution in [0.25, 0.3) is 0 Å². The van der Waals surface area contributed by atoms with Crippen molar-refractivity contribution in [3.63, 3.8) is 0 Å². The van der Waals surface area contributed by atoms with Gasteiger partial charge >= 0.3 is 0 Å². The van der Waals surface area contributed by atoms with Crippen LogP contribution in [-0.2, 0) is 12.2 Å². The summed E-state index contributed by atoms with van der Waals surface area (Å²) >= 11 is 1.67. The van der Waals surface area contributed by atoms with E-state index >= 15 is 0 Å². The van der Waals surface area contributed by atoms with Gasteiger partial charge in [-0.25, -0.2) is 0 Å². The van der Waals surface area contributed by atoms with E-state index in [4.69, 9.17) is 10.3 Å². The fraction of sp³-hybridized carbons (Fsp3) is 0.273. The summed E-state index contributed by atoms with van der Waals surface area (Å²) in [4.78, 5) is 4.28. The van der Waals surface area contributed by atoms with Crippen molar-refractivity contribution < 1.29 is 4.52 Å². The summed E-state index contributed by atoms with van der Waals surface area (Å²) in [7, 11) is 0. The summed E-state index contributed by atoms with van der Waals surface area (Å²) in [6.45, 7) is 0. The Bertz CT molecular complexity index is 470. The lowest BCUT2D eigenvalue weighted by molar-refractivity contribution is 0.381. The minimum Gasteiger partial charge on any atom is -0.398 e. The minimum absolute atomic E-state index is 0.591. The summed E-state index contributed by atoms with van der Waals surface area (Å²) in [6.07, 6.45) is 2.60. The van der Waals surface area contributed by atoms with E-state index in [9.17, 15) is 0 Å². The fourth-order valence-electron chi connectivity index (χ4n) is 1.41. The molecule has 16 heavy (non-hydrogen) atoms. The van der Waals surface area contributed by atoms with Crippen LogP contribution in [0.4, 0.5) is 5.69 Å². The number of rotatable bonds is 4. The largest absolute Gasteiger partial charge is 0.398 e. The summed E-state index contributed by atoms with van der Waals surface area (Å²) in [5, 5.41) is 3.88. The molecule has 2 aromatic rings. The number of hydrogen-bond donors (Lipinski definition) is 1. The lowest BCUT2D eigenvalue weighted by atomic mass is 10.1. The van der Waals surface area contributed by atoms with E-state index in [1.807, 2.05) is 30.5 Å². The highest BCUT2D eigenvalue weighted by atomic mass is 32.2. The molecule has 0 amide bonds. The Labute approximate surface area is 98.2 Å². The third-order valence-electron chi connectivity index (χ3n) is 2.18. The van der Waals surface area contributed by atoms with Gasteiger partial charge in [0.2, 0.25) is 5.89 Å². The predicted octanol–water partition coefficient (Wildman–Crippen LogP) is 2.11. The number of anilines is 1. The van der Waals surface area contributed by atoms with Crippen molar-refractivity contribution in [2.24, 2.45) is 0 Å². The van der Waals surface area contributed by atoms with Gasteiger partial charge in [-0.3, -0.25) is 0 Å². The van der Waals surface area contributed by atoms with E-state index in [0.717, 1.165) is 22.8 Å². The lowest BCUT2D eigenvalue weighted by Gasteiger charge is -2.00. The number of nitrogen functional groups attached to an aromatic ring is 1. The molecule has 0 aliphatic carbocycles. The molecule has 0 atom stereocenters. The Kier molecular flexibility index (Phi) is 3.46. The Morgan fingerprint density at radius 1 is 1.38 bits per heavy atom. The molecule has 0 unspecified atom stereocenters. The van der Waals surface area contributed by atoms with Crippen molar-refractivity contribution in [2.75, 3.05) is 12.0 Å². The molecule has 0 bridgehead atoms. The van der Waals surface area contributed by atoms with Crippen molar-refractivity contribution in [3.05, 3.63) is 41.5 Å². The maximum absolute atomic E-state index is 5.84. The van der Waals surface area contributed by atoms with Crippen LogP contribution in [-0.4, -0.2) is 16.4 Å². The monoisotopic (exact) mass is 235 g/mol. The van der Waals surface area contributed by atoms with Crippen LogP contribution in [0.2, 0.25) is 0 Å². The Balaban J connectivity index is 2.11. The average Bonchev–Trinajstić information content (AvgIpc) is 2.70. The van der Waals surface area contributed by atoms with Crippen molar-refractivity contribution in [2.45, 2.75) is 12.2 Å². The summed E-state index contributed by atoms with van der Waals surface area (Å²) in [5.41, 5.74) is 7.61. The van der Waals surface area contributed by atoms with Gasteiger partial charge in [-0.05, 0) is 17.9 Å². The van der Waals surface area contributed by atoms with Gasteiger partial charge in [-0.2, -0.15) is 16.7 Å². The molecule has 0 saturated heterocycles. The smallest absolute Gasteiger partial charge is 0.231 e. The zero-order valence-electron chi connectivity index (χ0n) is 9.01. The quantitative estimate of drug-likeness (QED) is 0.822. The van der Waals surface area contributed by atoms with Crippen molar-refractivity contribution in [1.82, 2.24) is 10.1 Å². The van der Waals surface area contributed by atoms with Crippen molar-refractivity contribution in [3.8, 4) is 0 Å². The lowest BCUT2D eigenvalue weighted by Crippen LogP contribution is -1.95. The summed E-state index contributed by atoms with van der Waals surface area (Å²) in [6, 6.07) is 7.69. The van der Waals surface area contributed by atoms with Crippen LogP contribution in [0, 0.1) is 0 Å². The van der Waals surface area contributed by atoms with Crippen LogP contribution in [0.3, 0.4) is 0 Å². The molecule has 0 aliphatic heterocycles. The Morgan fingerprint density at radius 3 is 2.94 bits per heavy atom. The molecule has 0 radical (unpaired) electrons. The van der Waals surface area contributed by atoms with Gasteiger partial charge in [-0.15, -0.1) is 0 Å². The van der Waals surface area contributed by atoms with Gasteiger partial charge in [0.1, 0.15) is 0 Å². The van der Waals surface area contributed by atoms with Gasteiger partial charge < -0.3 is 10.3 Å². The molecule has 0 fully saturated rings. The normalized spacial score (nSPS) is 10.6. The maximum atomic E-state index is 5.84. The molecule has 2 N–H and O–H groups in total. The Morgan fingerprint density at radius 2 is 2.19 bits per heavy atom. The SMILES string of the molecule is CSCc1noc(Cc2ccccc2N)n1. The first-order chi connectivity index (χ1) is 7.79. The standard InChI is InChI=1S/C11H13N3OS/c1-16-7-10-13-11(15-14-10)6-8-4-2-3-5-9(8)12/h2-5H,6-7,12H2,1H3. The van der Waals surface area contributed by atoms with Crippen molar-refractivity contribution >= 4 is 17.4 Å². The molecule has 0 spiro atoms.